The van der Waals surface area contributed by atoms with Crippen molar-refractivity contribution in [3.63, 3.8) is 0 Å². The van der Waals surface area contributed by atoms with Crippen LogP contribution in [0.25, 0.3) is 28.6 Å². The number of hydrogen-bond donors (Lipinski definition) is 0. The number of methoxy groups -OCH3 is 1. The molecule has 204 valence electrons. The van der Waals surface area contributed by atoms with Crippen molar-refractivity contribution in [3.05, 3.63) is 66.3 Å². The first kappa shape index (κ1) is 26.3. The van der Waals surface area contributed by atoms with E-state index in [1.54, 1.807) is 35.1 Å². The Labute approximate surface area is 219 Å². The molecule has 5 aromatic rings. The van der Waals surface area contributed by atoms with E-state index in [9.17, 15) is 17.6 Å². The third kappa shape index (κ3) is 5.19. The van der Waals surface area contributed by atoms with Crippen molar-refractivity contribution in [1.82, 2.24) is 38.9 Å². The van der Waals surface area contributed by atoms with Crippen molar-refractivity contribution in [3.8, 4) is 28.5 Å². The predicted molar refractivity (Wildman–Crippen MR) is 131 cm³/mol. The average Bonchev–Trinajstić information content (AvgIpc) is 3.64. The van der Waals surface area contributed by atoms with E-state index in [1.807, 2.05) is 13.8 Å². The molecule has 0 N–H and O–H groups in total. The van der Waals surface area contributed by atoms with Crippen molar-refractivity contribution >= 4 is 5.78 Å². The Kier molecular flexibility index (Phi) is 7.04. The first-order valence-electron chi connectivity index (χ1n) is 12.1. The van der Waals surface area contributed by atoms with Gasteiger partial charge in [0.1, 0.15) is 17.7 Å². The summed E-state index contributed by atoms with van der Waals surface area (Å²) >= 11 is 0. The molecule has 0 fully saturated rings. The van der Waals surface area contributed by atoms with Crippen molar-refractivity contribution in [1.29, 1.82) is 0 Å². The van der Waals surface area contributed by atoms with Gasteiger partial charge < -0.3 is 9.47 Å². The number of benzene rings is 1. The van der Waals surface area contributed by atoms with E-state index in [0.29, 0.717) is 29.9 Å². The highest BCUT2D eigenvalue weighted by molar-refractivity contribution is 5.78. The Morgan fingerprint density at radius 2 is 1.79 bits per heavy atom. The highest BCUT2D eigenvalue weighted by Gasteiger charge is 2.38. The van der Waals surface area contributed by atoms with Crippen molar-refractivity contribution in [2.75, 3.05) is 13.7 Å². The van der Waals surface area contributed by atoms with Gasteiger partial charge in [0, 0.05) is 24.6 Å². The molecule has 0 saturated carbocycles. The molecule has 4 aromatic heterocycles. The number of ether oxygens (including phenoxy) is 2. The fraction of sp³-hybridized carbons (Fsp3) is 0.320. The quantitative estimate of drug-likeness (QED) is 0.241. The summed E-state index contributed by atoms with van der Waals surface area (Å²) in [7, 11) is 1.52. The van der Waals surface area contributed by atoms with Crippen LogP contribution in [0.15, 0.2) is 49.1 Å². The smallest absolute Gasteiger partial charge is 0.453 e. The highest BCUT2D eigenvalue weighted by Crippen LogP contribution is 2.35. The number of halogens is 4. The topological polar surface area (TPSA) is 97.2 Å². The van der Waals surface area contributed by atoms with Crippen LogP contribution >= 0.6 is 0 Å². The highest BCUT2D eigenvalue weighted by atomic mass is 19.4. The normalized spacial score (nSPS) is 12.8. The van der Waals surface area contributed by atoms with Gasteiger partial charge in [0.05, 0.1) is 31.7 Å². The number of rotatable bonds is 9. The lowest BCUT2D eigenvalue weighted by Crippen LogP contribution is -2.12. The Morgan fingerprint density at radius 1 is 1.03 bits per heavy atom. The van der Waals surface area contributed by atoms with Crippen LogP contribution in [0.1, 0.15) is 37.9 Å². The molecule has 1 atom stereocenters. The third-order valence-corrected chi connectivity index (χ3v) is 5.96. The second-order valence-corrected chi connectivity index (χ2v) is 8.54. The number of alkyl halides is 3. The maximum atomic E-state index is 14.3. The first-order valence-corrected chi connectivity index (χ1v) is 12.1. The van der Waals surface area contributed by atoms with E-state index in [2.05, 4.69) is 25.1 Å². The largest absolute Gasteiger partial charge is 0.497 e. The van der Waals surface area contributed by atoms with Gasteiger partial charge in [-0.3, -0.25) is 4.40 Å². The van der Waals surface area contributed by atoms with Gasteiger partial charge in [-0.2, -0.15) is 18.3 Å². The van der Waals surface area contributed by atoms with Gasteiger partial charge in [-0.25, -0.2) is 28.7 Å². The molecule has 0 aliphatic carbocycles. The van der Waals surface area contributed by atoms with E-state index in [-0.39, 0.29) is 35.8 Å². The third-order valence-electron chi connectivity index (χ3n) is 5.96. The summed E-state index contributed by atoms with van der Waals surface area (Å²) in [6.45, 7) is 4.20. The molecule has 39 heavy (non-hydrogen) atoms. The molecule has 0 aliphatic heterocycles. The van der Waals surface area contributed by atoms with E-state index in [4.69, 9.17) is 9.47 Å². The molecular formula is C25H24F4N8O2. The zero-order chi connectivity index (χ0) is 27.7. The Balaban J connectivity index is 1.69. The van der Waals surface area contributed by atoms with Crippen LogP contribution in [-0.4, -0.2) is 52.6 Å². The monoisotopic (exact) mass is 544 g/mol. The zero-order valence-corrected chi connectivity index (χ0v) is 21.2. The van der Waals surface area contributed by atoms with Crippen molar-refractivity contribution in [2.45, 2.75) is 39.2 Å². The van der Waals surface area contributed by atoms with Gasteiger partial charge in [-0.05, 0) is 31.0 Å². The molecule has 14 heteroatoms. The maximum Gasteiger partial charge on any atom is 0.453 e. The minimum atomic E-state index is -4.81. The van der Waals surface area contributed by atoms with Gasteiger partial charge in [0.25, 0.3) is 5.82 Å². The lowest BCUT2D eigenvalue weighted by Gasteiger charge is -2.14. The van der Waals surface area contributed by atoms with E-state index < -0.39 is 17.8 Å². The van der Waals surface area contributed by atoms with Crippen molar-refractivity contribution in [2.24, 2.45) is 0 Å². The SMILES string of the molecule is CCOC(CC)n1cc(-c2c(-c3nc(C(F)(F)F)nn3Cc3ccc(OC)cc3)nc3ncc(F)cn23)cn1. The Bertz CT molecular complexity index is 1590. The summed E-state index contributed by atoms with van der Waals surface area (Å²) < 4.78 is 70.5. The van der Waals surface area contributed by atoms with Crippen LogP contribution in [0.2, 0.25) is 0 Å². The lowest BCUT2D eigenvalue weighted by atomic mass is 10.2. The van der Waals surface area contributed by atoms with Crippen LogP contribution in [0, 0.1) is 5.82 Å². The van der Waals surface area contributed by atoms with Gasteiger partial charge >= 0.3 is 6.18 Å². The van der Waals surface area contributed by atoms with Crippen LogP contribution in [0.5, 0.6) is 5.75 Å². The number of imidazole rings is 1. The summed E-state index contributed by atoms with van der Waals surface area (Å²) in [5.41, 5.74) is 1.40. The Hall–Kier alpha value is -4.33. The molecule has 0 saturated heterocycles. The lowest BCUT2D eigenvalue weighted by molar-refractivity contribution is -0.144. The van der Waals surface area contributed by atoms with Crippen LogP contribution in [0.4, 0.5) is 17.6 Å². The fourth-order valence-corrected chi connectivity index (χ4v) is 4.18. The molecule has 0 bridgehead atoms. The fourth-order valence-electron chi connectivity index (χ4n) is 4.18. The maximum absolute atomic E-state index is 14.3. The van der Waals surface area contributed by atoms with Gasteiger partial charge in [-0.15, -0.1) is 5.10 Å². The number of aromatic nitrogens is 8. The van der Waals surface area contributed by atoms with Crippen LogP contribution in [0.3, 0.4) is 0 Å². The molecule has 1 aromatic carbocycles. The molecule has 5 rings (SSSR count). The molecule has 0 amide bonds. The second kappa shape index (κ2) is 10.4. The predicted octanol–water partition coefficient (Wildman–Crippen LogP) is 5.01. The summed E-state index contributed by atoms with van der Waals surface area (Å²) in [5.74, 6) is -1.48. The standard InChI is InChI=1S/C25H24F4N8O2/c1-4-19(39-5-2)36-13-16(10-31-36)21-20(32-24-30-11-17(26)14-35(21)24)22-33-23(25(27,28)29)34-37(22)12-15-6-8-18(38-3)9-7-15/h6-11,13-14,19H,4-5,12H2,1-3H3. The van der Waals surface area contributed by atoms with Crippen LogP contribution in [-0.2, 0) is 17.5 Å². The van der Waals surface area contributed by atoms with E-state index in [1.165, 1.54) is 17.7 Å². The average molecular weight is 545 g/mol. The number of nitrogens with zero attached hydrogens (tertiary/aromatic N) is 8. The zero-order valence-electron chi connectivity index (χ0n) is 21.2. The van der Waals surface area contributed by atoms with Crippen molar-refractivity contribution < 1.29 is 27.0 Å². The molecule has 0 radical (unpaired) electrons. The molecule has 1 unspecified atom stereocenters. The van der Waals surface area contributed by atoms with E-state index >= 15 is 0 Å². The minimum Gasteiger partial charge on any atom is -0.497 e. The molecule has 4 heterocycles. The first-order chi connectivity index (χ1) is 18.7. The molecular weight excluding hydrogens is 520 g/mol. The van der Waals surface area contributed by atoms with Crippen LogP contribution < -0.4 is 4.74 Å². The van der Waals surface area contributed by atoms with Gasteiger partial charge in [-0.1, -0.05) is 19.1 Å². The van der Waals surface area contributed by atoms with E-state index in [0.717, 1.165) is 17.1 Å². The molecule has 0 aliphatic rings. The minimum absolute atomic E-state index is 0.0358. The molecule has 0 spiro atoms. The number of hydrogen-bond acceptors (Lipinski definition) is 7. The summed E-state index contributed by atoms with van der Waals surface area (Å²) in [4.78, 5) is 12.3. The molecule has 10 nitrogen and oxygen atoms in total. The summed E-state index contributed by atoms with van der Waals surface area (Å²) in [6.07, 6.45) is 0.753. The van der Waals surface area contributed by atoms with Gasteiger partial charge in [0.15, 0.2) is 11.6 Å². The second-order valence-electron chi connectivity index (χ2n) is 8.54. The summed E-state index contributed by atoms with van der Waals surface area (Å²) in [5, 5.41) is 8.13. The summed E-state index contributed by atoms with van der Waals surface area (Å²) in [6, 6.07) is 6.80. The Morgan fingerprint density at radius 3 is 2.46 bits per heavy atom. The van der Waals surface area contributed by atoms with Gasteiger partial charge in [0.2, 0.25) is 5.78 Å². The number of fused-ring (bicyclic) bond motifs is 1.